The van der Waals surface area contributed by atoms with Crippen LogP contribution in [0.1, 0.15) is 71.1 Å². The third-order valence-corrected chi connectivity index (χ3v) is 4.92. The maximum Gasteiger partial charge on any atom is 0.0917 e. The molecule has 0 spiro atoms. The number of piperidine rings is 1. The molecule has 1 aliphatic rings. The number of benzene rings is 1. The molecule has 1 heterocycles. The summed E-state index contributed by atoms with van der Waals surface area (Å²) in [5.74, 6) is 0. The molecule has 0 radical (unpaired) electrons. The maximum atomic E-state index is 10.6. The Hall–Kier alpha value is -0.860. The average Bonchev–Trinajstić information content (AvgIpc) is 2.42. The van der Waals surface area contributed by atoms with Crippen LogP contribution in [-0.4, -0.2) is 28.6 Å². The summed E-state index contributed by atoms with van der Waals surface area (Å²) in [7, 11) is 0. The monoisotopic (exact) mass is 289 g/mol. The van der Waals surface area contributed by atoms with Crippen molar-refractivity contribution in [3.8, 4) is 0 Å². The average molecular weight is 289 g/mol. The highest BCUT2D eigenvalue weighted by Gasteiger charge is 2.26. The van der Waals surface area contributed by atoms with Gasteiger partial charge in [0.25, 0.3) is 0 Å². The second-order valence-corrected chi connectivity index (χ2v) is 7.71. The van der Waals surface area contributed by atoms with Crippen LogP contribution in [-0.2, 0) is 5.41 Å². The van der Waals surface area contributed by atoms with Crippen molar-refractivity contribution in [2.45, 2.75) is 77.5 Å². The van der Waals surface area contributed by atoms with E-state index in [2.05, 4.69) is 63.8 Å². The van der Waals surface area contributed by atoms with Crippen LogP contribution >= 0.6 is 0 Å². The second kappa shape index (κ2) is 6.50. The van der Waals surface area contributed by atoms with Crippen LogP contribution in [0.4, 0.5) is 0 Å². The summed E-state index contributed by atoms with van der Waals surface area (Å²) in [5.41, 5.74) is 2.52. The molecule has 0 saturated carbocycles. The largest absolute Gasteiger partial charge is 0.387 e. The van der Waals surface area contributed by atoms with Gasteiger partial charge in [0, 0.05) is 18.6 Å². The number of hydrogen-bond acceptors (Lipinski definition) is 2. The first-order chi connectivity index (χ1) is 9.79. The summed E-state index contributed by atoms with van der Waals surface area (Å²) < 4.78 is 0. The lowest BCUT2D eigenvalue weighted by Gasteiger charge is -2.40. The Kier molecular flexibility index (Phi) is 5.11. The summed E-state index contributed by atoms with van der Waals surface area (Å²) in [6.45, 7) is 12.0. The third kappa shape index (κ3) is 4.08. The van der Waals surface area contributed by atoms with Gasteiger partial charge in [0.15, 0.2) is 0 Å². The first-order valence-corrected chi connectivity index (χ1v) is 8.33. The predicted molar refractivity (Wildman–Crippen MR) is 89.6 cm³/mol. The highest BCUT2D eigenvalue weighted by atomic mass is 16.3. The topological polar surface area (TPSA) is 23.5 Å². The van der Waals surface area contributed by atoms with Gasteiger partial charge in [-0.15, -0.1) is 0 Å². The number of hydrogen-bond donors (Lipinski definition) is 1. The van der Waals surface area contributed by atoms with E-state index >= 15 is 0 Å². The molecule has 2 rings (SSSR count). The number of likely N-dealkylation sites (tertiary alicyclic amines) is 1. The van der Waals surface area contributed by atoms with Crippen molar-refractivity contribution in [1.82, 2.24) is 4.90 Å². The number of β-amino-alcohol motifs (C(OH)–C–C–N with tert-alkyl or cyclic N) is 1. The maximum absolute atomic E-state index is 10.6. The number of aliphatic hydroxyl groups excluding tert-OH is 1. The summed E-state index contributed by atoms with van der Waals surface area (Å²) in [4.78, 5) is 2.46. The smallest absolute Gasteiger partial charge is 0.0917 e. The first kappa shape index (κ1) is 16.5. The standard InChI is InChI=1S/C19H31NO/c1-14-7-6-8-15(2)20(14)13-18(21)16-9-11-17(12-10-16)19(3,4)5/h9-12,14-15,18,21H,6-8,13H2,1-5H3. The second-order valence-electron chi connectivity index (χ2n) is 7.71. The Morgan fingerprint density at radius 3 is 2.10 bits per heavy atom. The summed E-state index contributed by atoms with van der Waals surface area (Å²) in [6, 6.07) is 9.65. The minimum Gasteiger partial charge on any atom is -0.387 e. The van der Waals surface area contributed by atoms with Crippen molar-refractivity contribution in [2.24, 2.45) is 0 Å². The van der Waals surface area contributed by atoms with Crippen LogP contribution in [0.15, 0.2) is 24.3 Å². The fourth-order valence-electron chi connectivity index (χ4n) is 3.35. The molecular weight excluding hydrogens is 258 g/mol. The van der Waals surface area contributed by atoms with Crippen molar-refractivity contribution in [2.75, 3.05) is 6.54 Å². The Morgan fingerprint density at radius 1 is 1.10 bits per heavy atom. The number of aliphatic hydroxyl groups is 1. The van der Waals surface area contributed by atoms with E-state index in [0.717, 1.165) is 12.1 Å². The SMILES string of the molecule is CC1CCCC(C)N1CC(O)c1ccc(C(C)(C)C)cc1. The van der Waals surface area contributed by atoms with Crippen LogP contribution in [0.25, 0.3) is 0 Å². The van der Waals surface area contributed by atoms with E-state index in [-0.39, 0.29) is 11.5 Å². The van der Waals surface area contributed by atoms with Crippen molar-refractivity contribution >= 4 is 0 Å². The molecule has 118 valence electrons. The summed E-state index contributed by atoms with van der Waals surface area (Å²) >= 11 is 0. The molecule has 1 aromatic rings. The lowest BCUT2D eigenvalue weighted by Crippen LogP contribution is -2.45. The molecule has 1 aromatic carbocycles. The molecule has 1 N–H and O–H groups in total. The number of nitrogens with zero attached hydrogens (tertiary/aromatic N) is 1. The highest BCUT2D eigenvalue weighted by molar-refractivity contribution is 5.28. The van der Waals surface area contributed by atoms with Crippen molar-refractivity contribution in [3.05, 3.63) is 35.4 Å². The summed E-state index contributed by atoms with van der Waals surface area (Å²) in [6.07, 6.45) is 3.43. The van der Waals surface area contributed by atoms with Crippen LogP contribution in [0.2, 0.25) is 0 Å². The van der Waals surface area contributed by atoms with Gasteiger partial charge in [0.05, 0.1) is 6.10 Å². The Balaban J connectivity index is 2.04. The van der Waals surface area contributed by atoms with Gasteiger partial charge in [-0.05, 0) is 43.2 Å². The molecule has 1 aliphatic heterocycles. The fraction of sp³-hybridized carbons (Fsp3) is 0.684. The van der Waals surface area contributed by atoms with E-state index in [0.29, 0.717) is 12.1 Å². The van der Waals surface area contributed by atoms with Crippen molar-refractivity contribution in [3.63, 3.8) is 0 Å². The molecule has 0 amide bonds. The Morgan fingerprint density at radius 2 is 1.62 bits per heavy atom. The number of rotatable bonds is 3. The van der Waals surface area contributed by atoms with Gasteiger partial charge in [0.1, 0.15) is 0 Å². The van der Waals surface area contributed by atoms with Crippen LogP contribution in [0.5, 0.6) is 0 Å². The van der Waals surface area contributed by atoms with Crippen LogP contribution in [0, 0.1) is 0 Å². The van der Waals surface area contributed by atoms with Gasteiger partial charge < -0.3 is 5.11 Å². The minimum absolute atomic E-state index is 0.166. The van der Waals surface area contributed by atoms with Crippen molar-refractivity contribution in [1.29, 1.82) is 0 Å². The van der Waals surface area contributed by atoms with E-state index < -0.39 is 0 Å². The molecule has 3 unspecified atom stereocenters. The van der Waals surface area contributed by atoms with Gasteiger partial charge in [-0.2, -0.15) is 0 Å². The lowest BCUT2D eigenvalue weighted by atomic mass is 9.86. The molecule has 1 saturated heterocycles. The fourth-order valence-corrected chi connectivity index (χ4v) is 3.35. The third-order valence-electron chi connectivity index (χ3n) is 4.92. The minimum atomic E-state index is -0.387. The zero-order valence-corrected chi connectivity index (χ0v) is 14.3. The highest BCUT2D eigenvalue weighted by Crippen LogP contribution is 2.27. The van der Waals surface area contributed by atoms with Gasteiger partial charge >= 0.3 is 0 Å². The molecular formula is C19H31NO. The molecule has 0 aliphatic carbocycles. The molecule has 0 aromatic heterocycles. The Labute approximate surface area is 130 Å². The van der Waals surface area contributed by atoms with Crippen LogP contribution < -0.4 is 0 Å². The zero-order valence-electron chi connectivity index (χ0n) is 14.3. The molecule has 3 atom stereocenters. The molecule has 2 heteroatoms. The zero-order chi connectivity index (χ0) is 15.6. The molecule has 1 fully saturated rings. The quantitative estimate of drug-likeness (QED) is 0.897. The Bertz CT molecular complexity index is 436. The van der Waals surface area contributed by atoms with Gasteiger partial charge in [-0.1, -0.05) is 51.5 Å². The molecule has 0 bridgehead atoms. The lowest BCUT2D eigenvalue weighted by molar-refractivity contribution is 0.0411. The van der Waals surface area contributed by atoms with Gasteiger partial charge in [-0.25, -0.2) is 0 Å². The molecule has 2 nitrogen and oxygen atoms in total. The van der Waals surface area contributed by atoms with Gasteiger partial charge in [-0.3, -0.25) is 4.90 Å². The normalized spacial score (nSPS) is 25.8. The van der Waals surface area contributed by atoms with E-state index in [1.807, 2.05) is 0 Å². The first-order valence-electron chi connectivity index (χ1n) is 8.33. The van der Waals surface area contributed by atoms with Gasteiger partial charge in [0.2, 0.25) is 0 Å². The van der Waals surface area contributed by atoms with E-state index in [9.17, 15) is 5.11 Å². The van der Waals surface area contributed by atoms with E-state index in [1.165, 1.54) is 24.8 Å². The van der Waals surface area contributed by atoms with E-state index in [1.54, 1.807) is 0 Å². The van der Waals surface area contributed by atoms with E-state index in [4.69, 9.17) is 0 Å². The predicted octanol–water partition coefficient (Wildman–Crippen LogP) is 4.28. The molecule has 21 heavy (non-hydrogen) atoms. The summed E-state index contributed by atoms with van der Waals surface area (Å²) in [5, 5.41) is 10.6. The van der Waals surface area contributed by atoms with Crippen LogP contribution in [0.3, 0.4) is 0 Å². The van der Waals surface area contributed by atoms with Crippen molar-refractivity contribution < 1.29 is 5.11 Å².